The van der Waals surface area contributed by atoms with Crippen LogP contribution in [0.4, 0.5) is 0 Å². The summed E-state index contributed by atoms with van der Waals surface area (Å²) in [5, 5.41) is 10.2. The summed E-state index contributed by atoms with van der Waals surface area (Å²) in [5.41, 5.74) is 2.30. The highest BCUT2D eigenvalue weighted by atomic mass is 16.5. The Kier molecular flexibility index (Phi) is 5.44. The fraction of sp³-hybridized carbons (Fsp3) is 0.647. The normalized spacial score (nSPS) is 21.7. The molecule has 1 aliphatic heterocycles. The molecule has 1 aromatic rings. The SMILES string of the molecule is Cc1ccc(C)c(OC[C@H](O)CN2CCCC[C@H]2C)c1. The highest BCUT2D eigenvalue weighted by molar-refractivity contribution is 5.35. The Bertz CT molecular complexity index is 433. The van der Waals surface area contributed by atoms with Crippen molar-refractivity contribution in [3.63, 3.8) is 0 Å². The van der Waals surface area contributed by atoms with Crippen molar-refractivity contribution >= 4 is 0 Å². The largest absolute Gasteiger partial charge is 0.491 e. The minimum Gasteiger partial charge on any atom is -0.491 e. The maximum atomic E-state index is 10.2. The summed E-state index contributed by atoms with van der Waals surface area (Å²) >= 11 is 0. The molecule has 0 aromatic heterocycles. The number of benzene rings is 1. The molecule has 2 atom stereocenters. The number of aliphatic hydroxyl groups excluding tert-OH is 1. The van der Waals surface area contributed by atoms with E-state index in [1.807, 2.05) is 13.0 Å². The Labute approximate surface area is 122 Å². The zero-order valence-corrected chi connectivity index (χ0v) is 12.9. The van der Waals surface area contributed by atoms with Crippen LogP contribution in [0, 0.1) is 13.8 Å². The Morgan fingerprint density at radius 1 is 1.35 bits per heavy atom. The van der Waals surface area contributed by atoms with Gasteiger partial charge in [-0.05, 0) is 57.4 Å². The summed E-state index contributed by atoms with van der Waals surface area (Å²) in [6.45, 7) is 8.52. The van der Waals surface area contributed by atoms with Gasteiger partial charge in [-0.1, -0.05) is 18.6 Å². The van der Waals surface area contributed by atoms with Crippen LogP contribution in [0.2, 0.25) is 0 Å². The van der Waals surface area contributed by atoms with Crippen molar-refractivity contribution in [1.82, 2.24) is 4.90 Å². The van der Waals surface area contributed by atoms with Crippen molar-refractivity contribution in [3.05, 3.63) is 29.3 Å². The Hall–Kier alpha value is -1.06. The van der Waals surface area contributed by atoms with Crippen LogP contribution in [0.25, 0.3) is 0 Å². The molecule has 0 saturated carbocycles. The van der Waals surface area contributed by atoms with Crippen molar-refractivity contribution in [3.8, 4) is 5.75 Å². The lowest BCUT2D eigenvalue weighted by Crippen LogP contribution is -2.43. The summed E-state index contributed by atoms with van der Waals surface area (Å²) in [6.07, 6.45) is 3.38. The summed E-state index contributed by atoms with van der Waals surface area (Å²) < 4.78 is 5.78. The first-order valence-corrected chi connectivity index (χ1v) is 7.68. The topological polar surface area (TPSA) is 32.7 Å². The van der Waals surface area contributed by atoms with Gasteiger partial charge in [0.2, 0.25) is 0 Å². The number of rotatable bonds is 5. The van der Waals surface area contributed by atoms with Gasteiger partial charge in [0.25, 0.3) is 0 Å². The minimum absolute atomic E-state index is 0.369. The molecule has 0 amide bonds. The molecular weight excluding hydrogens is 250 g/mol. The molecule has 112 valence electrons. The molecule has 0 radical (unpaired) electrons. The lowest BCUT2D eigenvalue weighted by Gasteiger charge is -2.34. The number of hydrogen-bond acceptors (Lipinski definition) is 3. The monoisotopic (exact) mass is 277 g/mol. The van der Waals surface area contributed by atoms with Crippen molar-refractivity contribution in [2.24, 2.45) is 0 Å². The van der Waals surface area contributed by atoms with Gasteiger partial charge in [-0.25, -0.2) is 0 Å². The van der Waals surface area contributed by atoms with E-state index in [1.165, 1.54) is 24.8 Å². The first kappa shape index (κ1) is 15.3. The van der Waals surface area contributed by atoms with Crippen molar-refractivity contribution in [2.45, 2.75) is 52.2 Å². The second kappa shape index (κ2) is 7.09. The van der Waals surface area contributed by atoms with E-state index in [-0.39, 0.29) is 0 Å². The summed E-state index contributed by atoms with van der Waals surface area (Å²) in [6, 6.07) is 6.75. The Morgan fingerprint density at radius 2 is 2.15 bits per heavy atom. The van der Waals surface area contributed by atoms with Gasteiger partial charge in [0, 0.05) is 12.6 Å². The number of aliphatic hydroxyl groups is 1. The molecule has 3 nitrogen and oxygen atoms in total. The molecule has 3 heteroatoms. The third-order valence-electron chi connectivity index (χ3n) is 4.16. The number of nitrogens with zero attached hydrogens (tertiary/aromatic N) is 1. The highest BCUT2D eigenvalue weighted by Gasteiger charge is 2.21. The molecule has 1 aromatic carbocycles. The number of aryl methyl sites for hydroxylation is 2. The molecule has 1 aliphatic rings. The number of ether oxygens (including phenoxy) is 1. The highest BCUT2D eigenvalue weighted by Crippen LogP contribution is 2.20. The van der Waals surface area contributed by atoms with Crippen LogP contribution < -0.4 is 4.74 Å². The third kappa shape index (κ3) is 4.22. The van der Waals surface area contributed by atoms with Gasteiger partial charge in [0.05, 0.1) is 0 Å². The molecular formula is C17H27NO2. The van der Waals surface area contributed by atoms with E-state index in [9.17, 15) is 5.11 Å². The van der Waals surface area contributed by atoms with E-state index in [0.29, 0.717) is 19.2 Å². The lowest BCUT2D eigenvalue weighted by molar-refractivity contribution is 0.0436. The van der Waals surface area contributed by atoms with Gasteiger partial charge >= 0.3 is 0 Å². The average molecular weight is 277 g/mol. The summed E-state index contributed by atoms with van der Waals surface area (Å²) in [7, 11) is 0. The molecule has 1 heterocycles. The van der Waals surface area contributed by atoms with Crippen LogP contribution >= 0.6 is 0 Å². The fourth-order valence-electron chi connectivity index (χ4n) is 2.80. The van der Waals surface area contributed by atoms with Crippen molar-refractivity contribution < 1.29 is 9.84 Å². The van der Waals surface area contributed by atoms with Crippen LogP contribution in [0.1, 0.15) is 37.3 Å². The molecule has 0 unspecified atom stereocenters. The van der Waals surface area contributed by atoms with E-state index < -0.39 is 6.10 Å². The van der Waals surface area contributed by atoms with Crippen LogP contribution in [-0.4, -0.2) is 41.8 Å². The molecule has 1 saturated heterocycles. The zero-order valence-electron chi connectivity index (χ0n) is 12.9. The van der Waals surface area contributed by atoms with Gasteiger partial charge < -0.3 is 9.84 Å². The van der Waals surface area contributed by atoms with Crippen molar-refractivity contribution in [1.29, 1.82) is 0 Å². The molecule has 2 rings (SSSR count). The fourth-order valence-corrected chi connectivity index (χ4v) is 2.80. The molecule has 1 N–H and O–H groups in total. The summed E-state index contributed by atoms with van der Waals surface area (Å²) in [4.78, 5) is 2.38. The average Bonchev–Trinajstić information content (AvgIpc) is 2.42. The van der Waals surface area contributed by atoms with Crippen LogP contribution in [0.5, 0.6) is 5.75 Å². The van der Waals surface area contributed by atoms with E-state index in [4.69, 9.17) is 4.74 Å². The molecule has 0 spiro atoms. The standard InChI is InChI=1S/C17H27NO2/c1-13-7-8-14(2)17(10-13)20-12-16(19)11-18-9-5-4-6-15(18)3/h7-8,10,15-16,19H,4-6,9,11-12H2,1-3H3/t15-,16-/m1/s1. The zero-order chi connectivity index (χ0) is 14.5. The third-order valence-corrected chi connectivity index (χ3v) is 4.16. The number of likely N-dealkylation sites (tertiary alicyclic amines) is 1. The van der Waals surface area contributed by atoms with Crippen LogP contribution in [0.3, 0.4) is 0 Å². The van der Waals surface area contributed by atoms with Gasteiger partial charge in [-0.3, -0.25) is 4.90 Å². The molecule has 1 fully saturated rings. The second-order valence-electron chi connectivity index (χ2n) is 6.07. The first-order chi connectivity index (χ1) is 9.56. The van der Waals surface area contributed by atoms with Crippen LogP contribution in [-0.2, 0) is 0 Å². The maximum absolute atomic E-state index is 10.2. The quantitative estimate of drug-likeness (QED) is 0.898. The molecule has 0 aliphatic carbocycles. The number of hydrogen-bond donors (Lipinski definition) is 1. The van der Waals surface area contributed by atoms with E-state index in [0.717, 1.165) is 17.9 Å². The predicted octanol–water partition coefficient (Wildman–Crippen LogP) is 2.92. The van der Waals surface area contributed by atoms with Gasteiger partial charge in [-0.2, -0.15) is 0 Å². The van der Waals surface area contributed by atoms with Gasteiger partial charge in [-0.15, -0.1) is 0 Å². The van der Waals surface area contributed by atoms with E-state index in [1.54, 1.807) is 0 Å². The predicted molar refractivity (Wildman–Crippen MR) is 82.3 cm³/mol. The van der Waals surface area contributed by atoms with E-state index >= 15 is 0 Å². The van der Waals surface area contributed by atoms with Gasteiger partial charge in [0.1, 0.15) is 18.5 Å². The van der Waals surface area contributed by atoms with Crippen LogP contribution in [0.15, 0.2) is 18.2 Å². The smallest absolute Gasteiger partial charge is 0.122 e. The molecule has 0 bridgehead atoms. The number of piperidine rings is 1. The second-order valence-corrected chi connectivity index (χ2v) is 6.07. The van der Waals surface area contributed by atoms with E-state index in [2.05, 4.69) is 30.9 Å². The lowest BCUT2D eigenvalue weighted by atomic mass is 10.0. The first-order valence-electron chi connectivity index (χ1n) is 7.68. The minimum atomic E-state index is -0.421. The Balaban J connectivity index is 1.82. The number of β-amino-alcohol motifs (C(OH)–C–C–N with tert-alkyl or cyclic N) is 1. The van der Waals surface area contributed by atoms with Gasteiger partial charge in [0.15, 0.2) is 0 Å². The van der Waals surface area contributed by atoms with Crippen molar-refractivity contribution in [2.75, 3.05) is 19.7 Å². The molecule has 20 heavy (non-hydrogen) atoms. The maximum Gasteiger partial charge on any atom is 0.122 e. The Morgan fingerprint density at radius 3 is 2.90 bits per heavy atom. The summed E-state index contributed by atoms with van der Waals surface area (Å²) in [5.74, 6) is 0.885.